The first-order chi connectivity index (χ1) is 13.1. The largest absolute Gasteiger partial charge is 0.367 e. The van der Waals surface area contributed by atoms with Gasteiger partial charge in [0.2, 0.25) is 0 Å². The van der Waals surface area contributed by atoms with E-state index < -0.39 is 4.92 Å². The highest BCUT2D eigenvalue weighted by Gasteiger charge is 2.31. The van der Waals surface area contributed by atoms with E-state index in [1.165, 1.54) is 25.0 Å². The Labute approximate surface area is 159 Å². The number of nitro benzene ring substituents is 1. The van der Waals surface area contributed by atoms with E-state index in [0.717, 1.165) is 55.5 Å². The van der Waals surface area contributed by atoms with E-state index in [-0.39, 0.29) is 5.69 Å². The molecule has 7 heteroatoms. The van der Waals surface area contributed by atoms with E-state index in [2.05, 4.69) is 27.1 Å². The number of anilines is 1. The molecule has 27 heavy (non-hydrogen) atoms. The molecular weight excluding hydrogens is 342 g/mol. The Morgan fingerprint density at radius 1 is 1.15 bits per heavy atom. The van der Waals surface area contributed by atoms with Crippen molar-refractivity contribution in [2.75, 3.05) is 18.4 Å². The fraction of sp³-hybridized carbons (Fsp3) is 0.500. The van der Waals surface area contributed by atoms with E-state index in [9.17, 15) is 10.1 Å². The number of likely N-dealkylation sites (tertiary alicyclic amines) is 1. The zero-order valence-corrected chi connectivity index (χ0v) is 15.6. The maximum absolute atomic E-state index is 10.9. The third kappa shape index (κ3) is 4.24. The van der Waals surface area contributed by atoms with Gasteiger partial charge < -0.3 is 10.2 Å². The molecule has 1 N–H and O–H groups in total. The van der Waals surface area contributed by atoms with Crippen LogP contribution in [0.2, 0.25) is 0 Å². The predicted molar refractivity (Wildman–Crippen MR) is 105 cm³/mol. The SMILES string of the molecule is CCc1cc(NC2CCN(C3CC3)CC2)nc(-c2ccc([N+](=O)[O-])cc2)n1. The number of non-ortho nitro benzene ring substituents is 1. The number of nitrogens with one attached hydrogen (secondary N) is 1. The minimum Gasteiger partial charge on any atom is -0.367 e. The highest BCUT2D eigenvalue weighted by Crippen LogP contribution is 2.30. The van der Waals surface area contributed by atoms with Gasteiger partial charge in [0.15, 0.2) is 5.82 Å². The first kappa shape index (κ1) is 17.9. The van der Waals surface area contributed by atoms with Gasteiger partial charge in [-0.3, -0.25) is 10.1 Å². The van der Waals surface area contributed by atoms with Crippen LogP contribution in [0.1, 0.15) is 38.3 Å². The summed E-state index contributed by atoms with van der Waals surface area (Å²) >= 11 is 0. The number of benzene rings is 1. The minimum absolute atomic E-state index is 0.0752. The summed E-state index contributed by atoms with van der Waals surface area (Å²) in [5.74, 6) is 1.46. The molecule has 0 amide bonds. The molecule has 1 saturated heterocycles. The highest BCUT2D eigenvalue weighted by atomic mass is 16.6. The number of aryl methyl sites for hydroxylation is 1. The predicted octanol–water partition coefficient (Wildman–Crippen LogP) is 3.65. The van der Waals surface area contributed by atoms with E-state index >= 15 is 0 Å². The molecule has 4 rings (SSSR count). The number of rotatable bonds is 6. The van der Waals surface area contributed by atoms with Gasteiger partial charge in [-0.05, 0) is 44.2 Å². The number of piperidine rings is 1. The monoisotopic (exact) mass is 367 g/mol. The molecule has 0 spiro atoms. The second-order valence-electron chi connectivity index (χ2n) is 7.41. The summed E-state index contributed by atoms with van der Waals surface area (Å²) in [5.41, 5.74) is 1.84. The molecule has 0 bridgehead atoms. The van der Waals surface area contributed by atoms with E-state index in [1.807, 2.05) is 6.07 Å². The Balaban J connectivity index is 1.49. The van der Waals surface area contributed by atoms with Crippen LogP contribution in [0.5, 0.6) is 0 Å². The van der Waals surface area contributed by atoms with Crippen molar-refractivity contribution in [1.82, 2.24) is 14.9 Å². The van der Waals surface area contributed by atoms with Crippen LogP contribution in [0.4, 0.5) is 11.5 Å². The van der Waals surface area contributed by atoms with Crippen LogP contribution in [0.15, 0.2) is 30.3 Å². The molecule has 2 aromatic rings. The lowest BCUT2D eigenvalue weighted by Crippen LogP contribution is -2.40. The van der Waals surface area contributed by atoms with Crippen LogP contribution >= 0.6 is 0 Å². The summed E-state index contributed by atoms with van der Waals surface area (Å²) in [4.78, 5) is 22.4. The molecule has 2 heterocycles. The number of nitrogens with zero attached hydrogens (tertiary/aromatic N) is 4. The van der Waals surface area contributed by atoms with E-state index in [4.69, 9.17) is 0 Å². The summed E-state index contributed by atoms with van der Waals surface area (Å²) in [7, 11) is 0. The average molecular weight is 367 g/mol. The molecule has 0 radical (unpaired) electrons. The lowest BCUT2D eigenvalue weighted by molar-refractivity contribution is -0.384. The topological polar surface area (TPSA) is 84.2 Å². The molecule has 2 fully saturated rings. The van der Waals surface area contributed by atoms with Crippen molar-refractivity contribution >= 4 is 11.5 Å². The molecule has 1 aromatic heterocycles. The lowest BCUT2D eigenvalue weighted by atomic mass is 10.0. The summed E-state index contributed by atoms with van der Waals surface area (Å²) in [6.07, 6.45) is 5.81. The Morgan fingerprint density at radius 3 is 2.44 bits per heavy atom. The van der Waals surface area contributed by atoms with Crippen LogP contribution in [0.3, 0.4) is 0 Å². The summed E-state index contributed by atoms with van der Waals surface area (Å²) in [6.45, 7) is 4.38. The molecule has 142 valence electrons. The zero-order chi connectivity index (χ0) is 18.8. The van der Waals surface area contributed by atoms with Crippen molar-refractivity contribution in [2.24, 2.45) is 0 Å². The molecule has 0 unspecified atom stereocenters. The van der Waals surface area contributed by atoms with Gasteiger partial charge in [0.25, 0.3) is 5.69 Å². The van der Waals surface area contributed by atoms with Gasteiger partial charge in [-0.25, -0.2) is 9.97 Å². The average Bonchev–Trinajstić information content (AvgIpc) is 3.53. The molecule has 7 nitrogen and oxygen atoms in total. The lowest BCUT2D eigenvalue weighted by Gasteiger charge is -2.32. The molecule has 1 saturated carbocycles. The molecule has 2 aliphatic rings. The first-order valence-corrected chi connectivity index (χ1v) is 9.75. The molecule has 1 aliphatic heterocycles. The van der Waals surface area contributed by atoms with Crippen molar-refractivity contribution in [3.8, 4) is 11.4 Å². The van der Waals surface area contributed by atoms with Gasteiger partial charge in [-0.2, -0.15) is 0 Å². The van der Waals surface area contributed by atoms with Gasteiger partial charge >= 0.3 is 0 Å². The molecule has 0 atom stereocenters. The molecule has 1 aromatic carbocycles. The minimum atomic E-state index is -0.395. The quantitative estimate of drug-likeness (QED) is 0.620. The van der Waals surface area contributed by atoms with Gasteiger partial charge in [-0.15, -0.1) is 0 Å². The molecule has 1 aliphatic carbocycles. The van der Waals surface area contributed by atoms with E-state index in [1.54, 1.807) is 12.1 Å². The smallest absolute Gasteiger partial charge is 0.269 e. The highest BCUT2D eigenvalue weighted by molar-refractivity contribution is 5.59. The second-order valence-corrected chi connectivity index (χ2v) is 7.41. The molecular formula is C20H25N5O2. The number of hydrogen-bond donors (Lipinski definition) is 1. The van der Waals surface area contributed by atoms with Crippen molar-refractivity contribution in [1.29, 1.82) is 0 Å². The Morgan fingerprint density at radius 2 is 1.85 bits per heavy atom. The van der Waals surface area contributed by atoms with Crippen LogP contribution in [-0.4, -0.2) is 45.0 Å². The first-order valence-electron chi connectivity index (χ1n) is 9.75. The van der Waals surface area contributed by atoms with Gasteiger partial charge in [-0.1, -0.05) is 6.92 Å². The summed E-state index contributed by atoms with van der Waals surface area (Å²) in [6, 6.07) is 9.71. The van der Waals surface area contributed by atoms with Gasteiger partial charge in [0.05, 0.1) is 4.92 Å². The Kier molecular flexibility index (Phi) is 5.03. The third-order valence-corrected chi connectivity index (χ3v) is 5.42. The van der Waals surface area contributed by atoms with E-state index in [0.29, 0.717) is 11.9 Å². The third-order valence-electron chi connectivity index (χ3n) is 5.42. The number of aromatic nitrogens is 2. The number of nitro groups is 1. The Bertz CT molecular complexity index is 812. The maximum Gasteiger partial charge on any atom is 0.269 e. The van der Waals surface area contributed by atoms with Crippen molar-refractivity contribution in [3.63, 3.8) is 0 Å². The van der Waals surface area contributed by atoms with Crippen molar-refractivity contribution in [3.05, 3.63) is 46.1 Å². The van der Waals surface area contributed by atoms with Crippen LogP contribution in [-0.2, 0) is 6.42 Å². The fourth-order valence-electron chi connectivity index (χ4n) is 3.67. The normalized spacial score (nSPS) is 18.4. The zero-order valence-electron chi connectivity index (χ0n) is 15.6. The van der Waals surface area contributed by atoms with Gasteiger partial charge in [0.1, 0.15) is 5.82 Å². The summed E-state index contributed by atoms with van der Waals surface area (Å²) < 4.78 is 0. The second kappa shape index (κ2) is 7.60. The van der Waals surface area contributed by atoms with Gasteiger partial charge in [0, 0.05) is 54.6 Å². The van der Waals surface area contributed by atoms with Crippen molar-refractivity contribution < 1.29 is 4.92 Å². The van der Waals surface area contributed by atoms with Crippen LogP contribution < -0.4 is 5.32 Å². The standard InChI is InChI=1S/C20H25N5O2/c1-2-15-13-19(21-16-9-11-24(12-10-16)17-7-8-17)23-20(22-15)14-3-5-18(6-4-14)25(26)27/h3-6,13,16-17H,2,7-12H2,1H3,(H,21,22,23). The van der Waals surface area contributed by atoms with Crippen LogP contribution in [0, 0.1) is 10.1 Å². The summed E-state index contributed by atoms with van der Waals surface area (Å²) in [5, 5.41) is 14.4. The van der Waals surface area contributed by atoms with Crippen LogP contribution in [0.25, 0.3) is 11.4 Å². The fourth-order valence-corrected chi connectivity index (χ4v) is 3.67. The Hall–Kier alpha value is -2.54. The maximum atomic E-state index is 10.9. The van der Waals surface area contributed by atoms with Crippen molar-refractivity contribution in [2.45, 2.75) is 51.1 Å². The number of hydrogen-bond acceptors (Lipinski definition) is 6.